The van der Waals surface area contributed by atoms with Gasteiger partial charge in [0, 0.05) is 5.69 Å². The van der Waals surface area contributed by atoms with E-state index in [0.29, 0.717) is 18.0 Å². The van der Waals surface area contributed by atoms with Crippen molar-refractivity contribution in [1.82, 2.24) is 10.2 Å². The van der Waals surface area contributed by atoms with Crippen LogP contribution in [0.1, 0.15) is 64.3 Å². The van der Waals surface area contributed by atoms with Gasteiger partial charge in [-0.3, -0.25) is 9.52 Å². The normalized spacial score (nSPS) is 33.3. The summed E-state index contributed by atoms with van der Waals surface area (Å²) < 4.78 is 27.8. The van der Waals surface area contributed by atoms with E-state index in [1.165, 1.54) is 42.7 Å². The Morgan fingerprint density at radius 3 is 2.28 bits per heavy atom. The number of hydrogen-bond acceptors (Lipinski definition) is 6. The number of sulfonamides is 1. The van der Waals surface area contributed by atoms with Crippen molar-refractivity contribution in [3.63, 3.8) is 0 Å². The molecule has 4 aliphatic carbocycles. The van der Waals surface area contributed by atoms with Gasteiger partial charge in [-0.15, -0.1) is 10.2 Å². The monoisotopic (exact) mass is 474 g/mol. The molecular formula is C23H30N4O3S2. The molecule has 2 N–H and O–H groups in total. The van der Waals surface area contributed by atoms with E-state index >= 15 is 0 Å². The third-order valence-corrected chi connectivity index (χ3v) is 9.99. The van der Waals surface area contributed by atoms with E-state index < -0.39 is 10.0 Å². The Labute approximate surface area is 193 Å². The average molecular weight is 475 g/mol. The van der Waals surface area contributed by atoms with Crippen LogP contribution >= 0.6 is 11.3 Å². The van der Waals surface area contributed by atoms with E-state index in [1.807, 2.05) is 6.92 Å². The van der Waals surface area contributed by atoms with Crippen LogP contribution in [0.4, 0.5) is 10.8 Å². The van der Waals surface area contributed by atoms with Crippen LogP contribution in [-0.2, 0) is 21.2 Å². The number of rotatable bonds is 6. The van der Waals surface area contributed by atoms with Crippen molar-refractivity contribution in [1.29, 1.82) is 0 Å². The quantitative estimate of drug-likeness (QED) is 0.624. The van der Waals surface area contributed by atoms with Crippen LogP contribution in [0.15, 0.2) is 29.2 Å². The number of aryl methyl sites for hydroxylation is 1. The zero-order valence-corrected chi connectivity index (χ0v) is 20.4. The van der Waals surface area contributed by atoms with Gasteiger partial charge in [0.05, 0.1) is 10.3 Å². The first-order valence-electron chi connectivity index (χ1n) is 11.3. The SMILES string of the molecule is CCc1nnc(NS(=O)(=O)c2ccc(NC(=O)C34CC5CC(C)(CC(C)(C5)C3)C4)cc2)s1. The van der Waals surface area contributed by atoms with Crippen molar-refractivity contribution < 1.29 is 13.2 Å². The molecule has 0 aliphatic heterocycles. The summed E-state index contributed by atoms with van der Waals surface area (Å²) in [4.78, 5) is 13.6. The van der Waals surface area contributed by atoms with Crippen molar-refractivity contribution in [3.8, 4) is 0 Å². The highest BCUT2D eigenvalue weighted by Gasteiger charge is 2.62. The molecule has 172 valence electrons. The van der Waals surface area contributed by atoms with E-state index in [2.05, 4.69) is 34.1 Å². The molecule has 4 bridgehead atoms. The number of carbonyl (C=O) groups is 1. The molecule has 1 aromatic heterocycles. The van der Waals surface area contributed by atoms with Crippen LogP contribution in [0.5, 0.6) is 0 Å². The fourth-order valence-electron chi connectivity index (χ4n) is 7.29. The fraction of sp³-hybridized carbons (Fsp3) is 0.609. The summed E-state index contributed by atoms with van der Waals surface area (Å²) in [5.74, 6) is 0.730. The Balaban J connectivity index is 1.30. The highest BCUT2D eigenvalue weighted by atomic mass is 32.2. The first kappa shape index (κ1) is 21.8. The molecule has 9 heteroatoms. The number of amides is 1. The largest absolute Gasteiger partial charge is 0.326 e. The second-order valence-electron chi connectivity index (χ2n) is 10.8. The number of nitrogens with one attached hydrogen (secondary N) is 2. The molecule has 6 rings (SSSR count). The van der Waals surface area contributed by atoms with Gasteiger partial charge in [-0.05, 0) is 86.0 Å². The van der Waals surface area contributed by atoms with Gasteiger partial charge in [0.25, 0.3) is 10.0 Å². The van der Waals surface area contributed by atoms with Crippen molar-refractivity contribution in [2.24, 2.45) is 22.2 Å². The van der Waals surface area contributed by atoms with E-state index in [-0.39, 0.29) is 32.2 Å². The summed E-state index contributed by atoms with van der Waals surface area (Å²) in [5.41, 5.74) is 0.850. The second kappa shape index (κ2) is 7.25. The lowest BCUT2D eigenvalue weighted by Gasteiger charge is -2.64. The summed E-state index contributed by atoms with van der Waals surface area (Å²) in [6, 6.07) is 6.35. The number of nitrogens with zero attached hydrogens (tertiary/aromatic N) is 2. The third-order valence-electron chi connectivity index (χ3n) is 7.52. The topological polar surface area (TPSA) is 101 Å². The molecule has 1 heterocycles. The minimum absolute atomic E-state index is 0.0914. The maximum Gasteiger partial charge on any atom is 0.263 e. The highest BCUT2D eigenvalue weighted by molar-refractivity contribution is 7.93. The molecule has 2 aromatic rings. The Morgan fingerprint density at radius 2 is 1.72 bits per heavy atom. The first-order chi connectivity index (χ1) is 15.0. The van der Waals surface area contributed by atoms with Gasteiger partial charge in [0.1, 0.15) is 5.01 Å². The van der Waals surface area contributed by atoms with Crippen LogP contribution in [0.25, 0.3) is 0 Å². The van der Waals surface area contributed by atoms with Crippen molar-refractivity contribution in [3.05, 3.63) is 29.3 Å². The Hall–Kier alpha value is -2.00. The van der Waals surface area contributed by atoms with Crippen molar-refractivity contribution >= 4 is 38.1 Å². The lowest BCUT2D eigenvalue weighted by Crippen LogP contribution is -2.58. The molecule has 2 unspecified atom stereocenters. The summed E-state index contributed by atoms with van der Waals surface area (Å²) in [7, 11) is -3.76. The second-order valence-corrected chi connectivity index (χ2v) is 13.6. The standard InChI is InChI=1S/C23H30N4O3S2/c1-4-18-25-26-20(31-18)27-32(29,30)17-7-5-16(6-8-17)24-19(28)23-11-15-9-21(2,13-23)12-22(3,10-15)14-23/h5-8,15H,4,9-14H2,1-3H3,(H,24,28)(H,26,27). The third kappa shape index (κ3) is 3.83. The summed E-state index contributed by atoms with van der Waals surface area (Å²) >= 11 is 1.22. The minimum Gasteiger partial charge on any atom is -0.326 e. The Bertz CT molecular complexity index is 1140. The van der Waals surface area contributed by atoms with Gasteiger partial charge in [-0.25, -0.2) is 8.42 Å². The molecule has 4 saturated carbocycles. The average Bonchev–Trinajstić information content (AvgIpc) is 3.12. The van der Waals surface area contributed by atoms with E-state index in [4.69, 9.17) is 0 Å². The molecule has 4 aliphatic rings. The van der Waals surface area contributed by atoms with Gasteiger partial charge in [-0.1, -0.05) is 32.1 Å². The molecule has 7 nitrogen and oxygen atoms in total. The lowest BCUT2D eigenvalue weighted by atomic mass is 9.40. The van der Waals surface area contributed by atoms with Gasteiger partial charge >= 0.3 is 0 Å². The number of hydrogen-bond donors (Lipinski definition) is 2. The number of benzene rings is 1. The smallest absolute Gasteiger partial charge is 0.263 e. The fourth-order valence-corrected chi connectivity index (χ4v) is 9.20. The number of carbonyl (C=O) groups excluding carboxylic acids is 1. The minimum atomic E-state index is -3.76. The molecule has 4 fully saturated rings. The number of anilines is 2. The predicted molar refractivity (Wildman–Crippen MR) is 125 cm³/mol. The molecule has 0 spiro atoms. The van der Waals surface area contributed by atoms with E-state index in [1.54, 1.807) is 12.1 Å². The molecule has 2 atom stereocenters. The Kier molecular flexibility index (Phi) is 4.94. The highest BCUT2D eigenvalue weighted by Crippen LogP contribution is 2.69. The van der Waals surface area contributed by atoms with Crippen LogP contribution in [0.3, 0.4) is 0 Å². The van der Waals surface area contributed by atoms with Gasteiger partial charge < -0.3 is 5.32 Å². The summed E-state index contributed by atoms with van der Waals surface area (Å²) in [6.07, 6.45) is 7.29. The molecule has 0 saturated heterocycles. The number of aromatic nitrogens is 2. The maximum absolute atomic E-state index is 13.4. The molecular weight excluding hydrogens is 444 g/mol. The van der Waals surface area contributed by atoms with Crippen LogP contribution in [0, 0.1) is 22.2 Å². The van der Waals surface area contributed by atoms with E-state index in [9.17, 15) is 13.2 Å². The summed E-state index contributed by atoms with van der Waals surface area (Å²) in [6.45, 7) is 6.65. The van der Waals surface area contributed by atoms with Crippen LogP contribution in [-0.4, -0.2) is 24.5 Å². The lowest BCUT2D eigenvalue weighted by molar-refractivity contribution is -0.165. The first-order valence-corrected chi connectivity index (χ1v) is 13.6. The van der Waals surface area contributed by atoms with Gasteiger partial charge in [0.15, 0.2) is 0 Å². The van der Waals surface area contributed by atoms with Gasteiger partial charge in [0.2, 0.25) is 11.0 Å². The zero-order chi connectivity index (χ0) is 22.8. The predicted octanol–water partition coefficient (Wildman–Crippen LogP) is 4.84. The molecule has 0 radical (unpaired) electrons. The molecule has 32 heavy (non-hydrogen) atoms. The van der Waals surface area contributed by atoms with Gasteiger partial charge in [-0.2, -0.15) is 0 Å². The zero-order valence-electron chi connectivity index (χ0n) is 18.8. The van der Waals surface area contributed by atoms with Crippen LogP contribution < -0.4 is 10.0 Å². The van der Waals surface area contributed by atoms with Crippen molar-refractivity contribution in [2.75, 3.05) is 10.0 Å². The van der Waals surface area contributed by atoms with Crippen LogP contribution in [0.2, 0.25) is 0 Å². The Morgan fingerprint density at radius 1 is 1.06 bits per heavy atom. The maximum atomic E-state index is 13.4. The molecule has 1 amide bonds. The van der Waals surface area contributed by atoms with E-state index in [0.717, 1.165) is 24.3 Å². The van der Waals surface area contributed by atoms with Crippen molar-refractivity contribution in [2.45, 2.75) is 70.6 Å². The molecule has 1 aromatic carbocycles. The summed E-state index contributed by atoms with van der Waals surface area (Å²) in [5, 5.41) is 11.9.